The molecule has 0 saturated heterocycles. The zero-order chi connectivity index (χ0) is 4.50. The van der Waals surface area contributed by atoms with Gasteiger partial charge in [-0.2, -0.15) is 0 Å². The second kappa shape index (κ2) is 2.77. The van der Waals surface area contributed by atoms with Crippen molar-refractivity contribution in [1.82, 2.24) is 0 Å². The van der Waals surface area contributed by atoms with Crippen molar-refractivity contribution in [2.45, 2.75) is 27.7 Å². The van der Waals surface area contributed by atoms with Crippen LogP contribution in [0.5, 0.6) is 0 Å². The molecule has 0 aliphatic heterocycles. The summed E-state index contributed by atoms with van der Waals surface area (Å²) in [5.41, 5.74) is 0.500. The van der Waals surface area contributed by atoms with E-state index in [9.17, 15) is 0 Å². The van der Waals surface area contributed by atoms with Gasteiger partial charge in [0.1, 0.15) is 0 Å². The Morgan fingerprint density at radius 3 is 0.833 bits per heavy atom. The molecular formula is C5H12Pd. The minimum Gasteiger partial charge on any atom is -0.0604 e. The Morgan fingerprint density at radius 1 is 0.833 bits per heavy atom. The van der Waals surface area contributed by atoms with Crippen LogP contribution in [0, 0.1) is 5.41 Å². The first-order valence-electron chi connectivity index (χ1n) is 2.00. The minimum atomic E-state index is 0. The van der Waals surface area contributed by atoms with Crippen molar-refractivity contribution < 1.29 is 20.4 Å². The molecule has 0 aliphatic carbocycles. The Balaban J connectivity index is 0. The van der Waals surface area contributed by atoms with Crippen molar-refractivity contribution in [1.29, 1.82) is 0 Å². The molecule has 0 amide bonds. The van der Waals surface area contributed by atoms with Crippen molar-refractivity contribution in [3.05, 3.63) is 0 Å². The normalized spacial score (nSPS) is 10.0. The van der Waals surface area contributed by atoms with Gasteiger partial charge < -0.3 is 0 Å². The molecule has 0 aromatic rings. The number of rotatable bonds is 0. The van der Waals surface area contributed by atoms with Crippen LogP contribution in [0.1, 0.15) is 27.7 Å². The summed E-state index contributed by atoms with van der Waals surface area (Å²) in [7, 11) is 0. The second-order valence-corrected chi connectivity index (χ2v) is 3.00. The number of hydrogen-bond donors (Lipinski definition) is 0. The van der Waals surface area contributed by atoms with E-state index in [4.69, 9.17) is 0 Å². The van der Waals surface area contributed by atoms with Crippen LogP contribution in [0.15, 0.2) is 0 Å². The molecule has 0 bridgehead atoms. The first-order valence-corrected chi connectivity index (χ1v) is 2.00. The Hall–Kier alpha value is 0.662. The van der Waals surface area contributed by atoms with Crippen molar-refractivity contribution in [2.24, 2.45) is 5.41 Å². The summed E-state index contributed by atoms with van der Waals surface area (Å²) in [6.07, 6.45) is 0. The standard InChI is InChI=1S/C5H12.Pd/c1-5(2,3)4;/h1-4H3;. The van der Waals surface area contributed by atoms with Gasteiger partial charge in [0.25, 0.3) is 0 Å². The van der Waals surface area contributed by atoms with Crippen LogP contribution in [-0.4, -0.2) is 0 Å². The molecule has 0 N–H and O–H groups in total. The van der Waals surface area contributed by atoms with Gasteiger partial charge in [0.2, 0.25) is 0 Å². The Labute approximate surface area is 54.0 Å². The van der Waals surface area contributed by atoms with E-state index in [1.165, 1.54) is 0 Å². The first kappa shape index (κ1) is 9.83. The van der Waals surface area contributed by atoms with Crippen molar-refractivity contribution >= 4 is 0 Å². The Bertz CT molecular complexity index is 19.4. The molecule has 0 nitrogen and oxygen atoms in total. The van der Waals surface area contributed by atoms with E-state index in [0.29, 0.717) is 5.41 Å². The summed E-state index contributed by atoms with van der Waals surface area (Å²) in [5.74, 6) is 0. The summed E-state index contributed by atoms with van der Waals surface area (Å²) >= 11 is 0. The average molecular weight is 179 g/mol. The molecule has 0 aliphatic rings. The minimum absolute atomic E-state index is 0. The maximum Gasteiger partial charge on any atom is 0 e. The summed E-state index contributed by atoms with van der Waals surface area (Å²) in [6, 6.07) is 0. The summed E-state index contributed by atoms with van der Waals surface area (Å²) < 4.78 is 0. The molecule has 0 atom stereocenters. The molecule has 0 aromatic heterocycles. The van der Waals surface area contributed by atoms with E-state index in [0.717, 1.165) is 0 Å². The fourth-order valence-corrected chi connectivity index (χ4v) is 0. The van der Waals surface area contributed by atoms with Gasteiger partial charge in [-0.15, -0.1) is 0 Å². The van der Waals surface area contributed by atoms with Crippen LogP contribution in [0.25, 0.3) is 0 Å². The molecule has 0 saturated carbocycles. The Morgan fingerprint density at radius 2 is 0.833 bits per heavy atom. The molecule has 1 heteroatoms. The third-order valence-electron chi connectivity index (χ3n) is 0. The van der Waals surface area contributed by atoms with Crippen LogP contribution in [0.4, 0.5) is 0 Å². The smallest absolute Gasteiger partial charge is 0 e. The van der Waals surface area contributed by atoms with Crippen molar-refractivity contribution in [2.75, 3.05) is 0 Å². The van der Waals surface area contributed by atoms with E-state index in [1.807, 2.05) is 0 Å². The molecule has 0 aromatic carbocycles. The van der Waals surface area contributed by atoms with Crippen LogP contribution in [-0.2, 0) is 20.4 Å². The van der Waals surface area contributed by atoms with Gasteiger partial charge in [-0.3, -0.25) is 0 Å². The monoisotopic (exact) mass is 178 g/mol. The van der Waals surface area contributed by atoms with E-state index < -0.39 is 0 Å². The molecule has 0 unspecified atom stereocenters. The van der Waals surface area contributed by atoms with Gasteiger partial charge in [0.05, 0.1) is 0 Å². The molecule has 0 spiro atoms. The van der Waals surface area contributed by atoms with Crippen LogP contribution >= 0.6 is 0 Å². The summed E-state index contributed by atoms with van der Waals surface area (Å²) in [5, 5.41) is 0. The van der Waals surface area contributed by atoms with Gasteiger partial charge in [-0.25, -0.2) is 0 Å². The number of hydrogen-bond acceptors (Lipinski definition) is 0. The van der Waals surface area contributed by atoms with E-state index in [1.54, 1.807) is 0 Å². The van der Waals surface area contributed by atoms with Gasteiger partial charge in [0.15, 0.2) is 0 Å². The van der Waals surface area contributed by atoms with E-state index >= 15 is 0 Å². The van der Waals surface area contributed by atoms with Crippen molar-refractivity contribution in [3.63, 3.8) is 0 Å². The third-order valence-corrected chi connectivity index (χ3v) is 0. The molecule has 6 heavy (non-hydrogen) atoms. The predicted octanol–water partition coefficient (Wildman–Crippen LogP) is 2.05. The molecule has 42 valence electrons. The zero-order valence-electron chi connectivity index (χ0n) is 4.82. The van der Waals surface area contributed by atoms with Crippen LogP contribution < -0.4 is 0 Å². The molecule has 0 fully saturated rings. The van der Waals surface area contributed by atoms with Gasteiger partial charge >= 0.3 is 0 Å². The largest absolute Gasteiger partial charge is 0.0604 e. The molecule has 0 rings (SSSR count). The molecule has 0 heterocycles. The Kier molecular flexibility index (Phi) is 4.54. The maximum absolute atomic E-state index is 2.19. The fourth-order valence-electron chi connectivity index (χ4n) is 0. The SMILES string of the molecule is CC(C)(C)C.[Pd]. The van der Waals surface area contributed by atoms with Crippen LogP contribution in [0.3, 0.4) is 0 Å². The van der Waals surface area contributed by atoms with Crippen molar-refractivity contribution in [3.8, 4) is 0 Å². The first-order chi connectivity index (χ1) is 2.00. The van der Waals surface area contributed by atoms with Crippen LogP contribution in [0.2, 0.25) is 0 Å². The maximum atomic E-state index is 2.19. The van der Waals surface area contributed by atoms with Gasteiger partial charge in [-0.1, -0.05) is 27.7 Å². The quantitative estimate of drug-likeness (QED) is 0.498. The summed E-state index contributed by atoms with van der Waals surface area (Å²) in [4.78, 5) is 0. The van der Waals surface area contributed by atoms with Gasteiger partial charge in [0, 0.05) is 20.4 Å². The predicted molar refractivity (Wildman–Crippen MR) is 25.1 cm³/mol. The topological polar surface area (TPSA) is 0 Å². The average Bonchev–Trinajstić information content (AvgIpc) is 0.722. The second-order valence-electron chi connectivity index (χ2n) is 3.00. The van der Waals surface area contributed by atoms with E-state index in [2.05, 4.69) is 27.7 Å². The summed E-state index contributed by atoms with van der Waals surface area (Å²) in [6.45, 7) is 8.75. The van der Waals surface area contributed by atoms with Gasteiger partial charge in [-0.05, 0) is 5.41 Å². The fraction of sp³-hybridized carbons (Fsp3) is 1.00. The zero-order valence-corrected chi connectivity index (χ0v) is 6.37. The molecular weight excluding hydrogens is 166 g/mol. The molecule has 0 radical (unpaired) electrons. The third kappa shape index (κ3) is 143. The van der Waals surface area contributed by atoms with E-state index in [-0.39, 0.29) is 20.4 Å².